The largest absolute Gasteiger partial charge is 0.333 e. The first-order valence-corrected chi connectivity index (χ1v) is 9.82. The highest BCUT2D eigenvalue weighted by molar-refractivity contribution is 5.94. The zero-order valence-corrected chi connectivity index (χ0v) is 15.7. The van der Waals surface area contributed by atoms with Crippen LogP contribution in [0.15, 0.2) is 30.6 Å². The Morgan fingerprint density at radius 3 is 2.54 bits per heavy atom. The van der Waals surface area contributed by atoms with Crippen LogP contribution in [0.4, 0.5) is 8.78 Å². The Morgan fingerprint density at radius 1 is 1.11 bits per heavy atom. The molecule has 0 spiro atoms. The summed E-state index contributed by atoms with van der Waals surface area (Å²) in [6, 6.07) is 4.40. The SMILES string of the molecule is Cc1ncc(C(=O)N2C[C@@H](c3cccc(F)c3F)[C@@H]3[C@H]2C2CCN3CC2)cn1. The molecule has 4 aliphatic rings. The molecule has 0 N–H and O–H groups in total. The van der Waals surface area contributed by atoms with Crippen LogP contribution in [0, 0.1) is 24.5 Å². The van der Waals surface area contributed by atoms with Crippen LogP contribution in [0.5, 0.6) is 0 Å². The van der Waals surface area contributed by atoms with E-state index in [1.807, 2.05) is 4.90 Å². The summed E-state index contributed by atoms with van der Waals surface area (Å²) in [5.74, 6) is -0.976. The molecule has 5 nitrogen and oxygen atoms in total. The van der Waals surface area contributed by atoms with Crippen LogP contribution in [-0.2, 0) is 0 Å². The van der Waals surface area contributed by atoms with Gasteiger partial charge in [0.2, 0.25) is 0 Å². The van der Waals surface area contributed by atoms with Gasteiger partial charge in [-0.15, -0.1) is 0 Å². The second-order valence-corrected chi connectivity index (χ2v) is 8.08. The van der Waals surface area contributed by atoms with E-state index in [4.69, 9.17) is 0 Å². The van der Waals surface area contributed by atoms with Crippen molar-refractivity contribution in [2.75, 3.05) is 19.6 Å². The Hall–Kier alpha value is -2.41. The summed E-state index contributed by atoms with van der Waals surface area (Å²) in [6.45, 7) is 4.07. The Labute approximate surface area is 162 Å². The lowest BCUT2D eigenvalue weighted by atomic mass is 9.75. The molecule has 6 rings (SSSR count). The summed E-state index contributed by atoms with van der Waals surface area (Å²) in [6.07, 6.45) is 5.18. The van der Waals surface area contributed by atoms with Gasteiger partial charge >= 0.3 is 0 Å². The van der Waals surface area contributed by atoms with Crippen molar-refractivity contribution in [2.45, 2.75) is 37.8 Å². The average molecular weight is 384 g/mol. The normalized spacial score (nSPS) is 31.1. The van der Waals surface area contributed by atoms with E-state index in [2.05, 4.69) is 14.9 Å². The van der Waals surface area contributed by atoms with E-state index < -0.39 is 11.6 Å². The van der Waals surface area contributed by atoms with Crippen LogP contribution in [-0.4, -0.2) is 57.4 Å². The molecular weight excluding hydrogens is 362 g/mol. The third kappa shape index (κ3) is 2.64. The molecule has 3 atom stereocenters. The molecule has 0 unspecified atom stereocenters. The summed E-state index contributed by atoms with van der Waals surface area (Å²) in [5, 5.41) is 0. The van der Waals surface area contributed by atoms with Gasteiger partial charge in [-0.05, 0) is 50.4 Å². The van der Waals surface area contributed by atoms with Crippen LogP contribution in [0.3, 0.4) is 0 Å². The number of halogens is 2. The average Bonchev–Trinajstić information content (AvgIpc) is 3.14. The first kappa shape index (κ1) is 17.7. The molecule has 146 valence electrons. The van der Waals surface area contributed by atoms with Crippen LogP contribution in [0.1, 0.15) is 40.5 Å². The molecule has 2 aromatic rings. The Morgan fingerprint density at radius 2 is 1.82 bits per heavy atom. The van der Waals surface area contributed by atoms with Crippen molar-refractivity contribution in [3.05, 3.63) is 59.2 Å². The maximum Gasteiger partial charge on any atom is 0.257 e. The number of aryl methyl sites for hydroxylation is 1. The van der Waals surface area contributed by atoms with Crippen molar-refractivity contribution >= 4 is 5.91 Å². The van der Waals surface area contributed by atoms with Crippen molar-refractivity contribution in [3.8, 4) is 0 Å². The first-order valence-electron chi connectivity index (χ1n) is 9.82. The Balaban J connectivity index is 1.55. The molecule has 7 heteroatoms. The number of aromatic nitrogens is 2. The van der Waals surface area contributed by atoms with Crippen molar-refractivity contribution in [2.24, 2.45) is 5.92 Å². The monoisotopic (exact) mass is 384 g/mol. The van der Waals surface area contributed by atoms with Gasteiger partial charge in [-0.1, -0.05) is 12.1 Å². The molecule has 1 amide bonds. The van der Waals surface area contributed by atoms with Crippen molar-refractivity contribution in [1.82, 2.24) is 19.8 Å². The highest BCUT2D eigenvalue weighted by atomic mass is 19.2. The summed E-state index contributed by atoms with van der Waals surface area (Å²) >= 11 is 0. The van der Waals surface area contributed by atoms with Crippen LogP contribution < -0.4 is 0 Å². The van der Waals surface area contributed by atoms with Gasteiger partial charge in [-0.3, -0.25) is 9.69 Å². The van der Waals surface area contributed by atoms with Gasteiger partial charge in [0.1, 0.15) is 5.82 Å². The van der Waals surface area contributed by atoms with Crippen LogP contribution in [0.2, 0.25) is 0 Å². The molecular formula is C21H22F2N4O. The van der Waals surface area contributed by atoms with Gasteiger partial charge in [-0.2, -0.15) is 0 Å². The standard InChI is InChI=1S/C21H22F2N4O/c1-12-24-9-14(10-25-12)21(28)27-11-16(15-3-2-4-17(22)18(15)23)20-19(27)13-5-7-26(20)8-6-13/h2-4,9-10,13,16,19-20H,5-8,11H2,1H3/t16-,19+,20+/m0/s1. The quantitative estimate of drug-likeness (QED) is 0.799. The smallest absolute Gasteiger partial charge is 0.257 e. The van der Waals surface area contributed by atoms with Gasteiger partial charge in [-0.25, -0.2) is 18.7 Å². The molecule has 5 heterocycles. The summed E-state index contributed by atoms with van der Waals surface area (Å²) in [5.41, 5.74) is 0.819. The lowest BCUT2D eigenvalue weighted by Crippen LogP contribution is -2.60. The molecule has 0 aliphatic carbocycles. The van der Waals surface area contributed by atoms with Crippen molar-refractivity contribution in [3.63, 3.8) is 0 Å². The minimum Gasteiger partial charge on any atom is -0.333 e. The summed E-state index contributed by atoms with van der Waals surface area (Å²) in [4.78, 5) is 25.8. The van der Waals surface area contributed by atoms with Gasteiger partial charge < -0.3 is 4.90 Å². The number of benzene rings is 1. The predicted molar refractivity (Wildman–Crippen MR) is 98.8 cm³/mol. The molecule has 28 heavy (non-hydrogen) atoms. The molecule has 0 saturated carbocycles. The lowest BCUT2D eigenvalue weighted by Gasteiger charge is -2.51. The van der Waals surface area contributed by atoms with E-state index in [0.717, 1.165) is 32.0 Å². The molecule has 4 aliphatic heterocycles. The fourth-order valence-corrected chi connectivity index (χ4v) is 5.40. The Bertz CT molecular complexity index is 911. The number of rotatable bonds is 2. The van der Waals surface area contributed by atoms with Crippen molar-refractivity contribution in [1.29, 1.82) is 0 Å². The Kier molecular flexibility index (Phi) is 4.16. The number of nitrogens with zero attached hydrogens (tertiary/aromatic N) is 4. The molecule has 2 bridgehead atoms. The lowest BCUT2D eigenvalue weighted by molar-refractivity contribution is -0.00361. The maximum absolute atomic E-state index is 14.6. The van der Waals surface area contributed by atoms with Gasteiger partial charge in [0.15, 0.2) is 11.6 Å². The zero-order chi connectivity index (χ0) is 19.4. The predicted octanol–water partition coefficient (Wildman–Crippen LogP) is 2.77. The number of carbonyl (C=O) groups excluding carboxylic acids is 1. The van der Waals surface area contributed by atoms with Crippen LogP contribution >= 0.6 is 0 Å². The molecule has 4 fully saturated rings. The minimum atomic E-state index is -0.832. The highest BCUT2D eigenvalue weighted by Gasteiger charge is 2.55. The molecule has 1 aromatic heterocycles. The van der Waals surface area contributed by atoms with E-state index in [9.17, 15) is 13.6 Å². The molecule has 4 saturated heterocycles. The first-order chi connectivity index (χ1) is 13.5. The molecule has 1 aromatic carbocycles. The van der Waals surface area contributed by atoms with Crippen LogP contribution in [0.25, 0.3) is 0 Å². The minimum absolute atomic E-state index is 0.0176. The summed E-state index contributed by atoms with van der Waals surface area (Å²) < 4.78 is 28.6. The highest BCUT2D eigenvalue weighted by Crippen LogP contribution is 2.47. The zero-order valence-electron chi connectivity index (χ0n) is 15.7. The van der Waals surface area contributed by atoms with E-state index in [-0.39, 0.29) is 23.9 Å². The number of piperidine rings is 3. The van der Waals surface area contributed by atoms with Crippen molar-refractivity contribution < 1.29 is 13.6 Å². The number of hydrogen-bond acceptors (Lipinski definition) is 4. The van der Waals surface area contributed by atoms with Gasteiger partial charge in [0, 0.05) is 30.9 Å². The number of likely N-dealkylation sites (tertiary alicyclic amines) is 1. The third-order valence-corrected chi connectivity index (χ3v) is 6.66. The number of hydrogen-bond donors (Lipinski definition) is 0. The van der Waals surface area contributed by atoms with Gasteiger partial charge in [0.25, 0.3) is 5.91 Å². The second-order valence-electron chi connectivity index (χ2n) is 8.08. The molecule has 0 radical (unpaired) electrons. The van der Waals surface area contributed by atoms with E-state index in [1.165, 1.54) is 0 Å². The topological polar surface area (TPSA) is 49.3 Å². The van der Waals surface area contributed by atoms with E-state index in [1.54, 1.807) is 31.5 Å². The fourth-order valence-electron chi connectivity index (χ4n) is 5.40. The second kappa shape index (κ2) is 6.58. The maximum atomic E-state index is 14.6. The van der Waals surface area contributed by atoms with E-state index >= 15 is 0 Å². The number of carbonyl (C=O) groups is 1. The summed E-state index contributed by atoms with van der Waals surface area (Å²) in [7, 11) is 0. The number of amides is 1. The third-order valence-electron chi connectivity index (χ3n) is 6.66. The number of fused-ring (bicyclic) bond motifs is 2. The fraction of sp³-hybridized carbons (Fsp3) is 0.476. The van der Waals surface area contributed by atoms with E-state index in [0.29, 0.717) is 29.4 Å². The van der Waals surface area contributed by atoms with Gasteiger partial charge in [0.05, 0.1) is 11.6 Å².